The van der Waals surface area contributed by atoms with E-state index in [-0.39, 0.29) is 11.2 Å². The molecule has 2 aromatic carbocycles. The summed E-state index contributed by atoms with van der Waals surface area (Å²) in [7, 11) is 3.99. The molecule has 5 rings (SSSR count). The average molecular weight is 473 g/mol. The first-order valence-electron chi connectivity index (χ1n) is 11.7. The van der Waals surface area contributed by atoms with Crippen LogP contribution in [0, 0.1) is 0 Å². The Morgan fingerprint density at radius 3 is 2.53 bits per heavy atom. The zero-order valence-electron chi connectivity index (χ0n) is 19.5. The summed E-state index contributed by atoms with van der Waals surface area (Å²) in [5, 5.41) is 1.96. The number of fused-ring (bicyclic) bond motifs is 1. The first-order valence-corrected chi connectivity index (χ1v) is 12.6. The zero-order valence-corrected chi connectivity index (χ0v) is 20.4. The van der Waals surface area contributed by atoms with Crippen LogP contribution >= 0.6 is 11.3 Å². The van der Waals surface area contributed by atoms with Crippen molar-refractivity contribution in [3.63, 3.8) is 0 Å². The molecule has 34 heavy (non-hydrogen) atoms. The van der Waals surface area contributed by atoms with E-state index in [0.717, 1.165) is 48.3 Å². The van der Waals surface area contributed by atoms with E-state index in [0.29, 0.717) is 28.2 Å². The van der Waals surface area contributed by atoms with E-state index < -0.39 is 0 Å². The fraction of sp³-hybridized carbons (Fsp3) is 0.286. The van der Waals surface area contributed by atoms with Gasteiger partial charge >= 0.3 is 0 Å². The summed E-state index contributed by atoms with van der Waals surface area (Å²) in [5.74, 6) is 0.708. The molecule has 1 aliphatic rings. The summed E-state index contributed by atoms with van der Waals surface area (Å²) < 4.78 is 6.90. The molecule has 0 unspecified atom stereocenters. The molecule has 174 valence electrons. The Morgan fingerprint density at radius 1 is 1.03 bits per heavy atom. The summed E-state index contributed by atoms with van der Waals surface area (Å²) in [6, 6.07) is 17.3. The molecule has 0 amide bonds. The van der Waals surface area contributed by atoms with Gasteiger partial charge in [0.25, 0.3) is 0 Å². The summed E-state index contributed by atoms with van der Waals surface area (Å²) in [4.78, 5) is 30.0. The third-order valence-electron chi connectivity index (χ3n) is 6.41. The lowest BCUT2D eigenvalue weighted by Crippen LogP contribution is -2.29. The smallest absolute Gasteiger partial charge is 0.204 e. The predicted molar refractivity (Wildman–Crippen MR) is 141 cm³/mol. The highest BCUT2D eigenvalue weighted by molar-refractivity contribution is 7.17. The van der Waals surface area contributed by atoms with Crippen molar-refractivity contribution in [2.75, 3.05) is 37.0 Å². The van der Waals surface area contributed by atoms with Crippen LogP contribution in [-0.4, -0.2) is 33.0 Å². The van der Waals surface area contributed by atoms with Gasteiger partial charge in [0.15, 0.2) is 17.3 Å². The largest absolute Gasteiger partial charge is 0.439 e. The predicted octanol–water partition coefficient (Wildman–Crippen LogP) is 6.00. The summed E-state index contributed by atoms with van der Waals surface area (Å²) >= 11 is 1.40. The van der Waals surface area contributed by atoms with Crippen LogP contribution in [0.1, 0.15) is 35.2 Å². The number of carbonyl (C=O) groups is 1. The number of carbonyl (C=O) groups excluding carboxylic acids is 1. The van der Waals surface area contributed by atoms with Crippen LogP contribution in [0.4, 0.5) is 11.6 Å². The monoisotopic (exact) mass is 472 g/mol. The maximum absolute atomic E-state index is 13.0. The van der Waals surface area contributed by atoms with Crippen LogP contribution in [0.2, 0.25) is 0 Å². The fourth-order valence-corrected chi connectivity index (χ4v) is 5.37. The molecular formula is C28H28N2O3S. The van der Waals surface area contributed by atoms with Gasteiger partial charge in [0.2, 0.25) is 5.43 Å². The number of thiophene rings is 1. The van der Waals surface area contributed by atoms with Crippen molar-refractivity contribution in [1.29, 1.82) is 0 Å². The molecule has 1 saturated heterocycles. The molecule has 0 saturated carbocycles. The topological polar surface area (TPSA) is 53.8 Å². The lowest BCUT2D eigenvalue weighted by molar-refractivity contribution is 0.0993. The SMILES string of the molecule is CN(C)c1ccc(CC(=O)c2cccc(-c3csc4c(=O)cc(N5CCCCC5)oc34)c2)cc1. The second kappa shape index (κ2) is 9.47. The summed E-state index contributed by atoms with van der Waals surface area (Å²) in [6.07, 6.45) is 3.78. The molecule has 1 aliphatic heterocycles. The van der Waals surface area contributed by atoms with Gasteiger partial charge in [0.1, 0.15) is 4.70 Å². The van der Waals surface area contributed by atoms with Gasteiger partial charge in [-0.2, -0.15) is 0 Å². The number of hydrogen-bond donors (Lipinski definition) is 0. The number of hydrogen-bond acceptors (Lipinski definition) is 6. The molecule has 0 radical (unpaired) electrons. The zero-order chi connectivity index (χ0) is 23.7. The van der Waals surface area contributed by atoms with Gasteiger partial charge in [0.05, 0.1) is 0 Å². The van der Waals surface area contributed by atoms with Crippen LogP contribution in [-0.2, 0) is 6.42 Å². The van der Waals surface area contributed by atoms with Gasteiger partial charge < -0.3 is 14.2 Å². The number of benzene rings is 2. The fourth-order valence-electron chi connectivity index (χ4n) is 4.46. The minimum Gasteiger partial charge on any atom is -0.439 e. The van der Waals surface area contributed by atoms with Gasteiger partial charge in [-0.1, -0.05) is 30.3 Å². The molecule has 0 aliphatic carbocycles. The van der Waals surface area contributed by atoms with Crippen molar-refractivity contribution in [3.8, 4) is 11.1 Å². The molecule has 0 N–H and O–H groups in total. The molecule has 0 atom stereocenters. The van der Waals surface area contributed by atoms with E-state index in [1.165, 1.54) is 17.8 Å². The van der Waals surface area contributed by atoms with Crippen molar-refractivity contribution in [1.82, 2.24) is 0 Å². The van der Waals surface area contributed by atoms with Crippen LogP contribution in [0.5, 0.6) is 0 Å². The maximum atomic E-state index is 13.0. The highest BCUT2D eigenvalue weighted by atomic mass is 32.1. The number of anilines is 2. The van der Waals surface area contributed by atoms with E-state index in [4.69, 9.17) is 4.42 Å². The molecule has 4 aromatic rings. The Morgan fingerprint density at radius 2 is 1.79 bits per heavy atom. The normalized spacial score (nSPS) is 13.9. The van der Waals surface area contributed by atoms with Crippen molar-refractivity contribution < 1.29 is 9.21 Å². The number of ketones is 1. The molecule has 1 fully saturated rings. The highest BCUT2D eigenvalue weighted by Gasteiger charge is 2.19. The van der Waals surface area contributed by atoms with Crippen molar-refractivity contribution >= 4 is 39.0 Å². The molecule has 5 nitrogen and oxygen atoms in total. The van der Waals surface area contributed by atoms with Crippen molar-refractivity contribution in [3.05, 3.63) is 81.3 Å². The van der Waals surface area contributed by atoms with Crippen molar-refractivity contribution in [2.24, 2.45) is 0 Å². The van der Waals surface area contributed by atoms with Crippen LogP contribution in [0.3, 0.4) is 0 Å². The highest BCUT2D eigenvalue weighted by Crippen LogP contribution is 2.35. The number of rotatable bonds is 6. The van der Waals surface area contributed by atoms with Crippen LogP contribution in [0.25, 0.3) is 21.4 Å². The minimum atomic E-state index is -0.00789. The second-order valence-electron chi connectivity index (χ2n) is 9.05. The van der Waals surface area contributed by atoms with Gasteiger partial charge in [-0.05, 0) is 48.6 Å². The molecule has 3 heterocycles. The Hall–Kier alpha value is -3.38. The van der Waals surface area contributed by atoms with Gasteiger partial charge in [-0.3, -0.25) is 9.59 Å². The lowest BCUT2D eigenvalue weighted by Gasteiger charge is -2.26. The number of piperidine rings is 1. The number of Topliss-reactive ketones (excluding diaryl/α,β-unsaturated/α-hetero) is 1. The van der Waals surface area contributed by atoms with Gasteiger partial charge in [-0.15, -0.1) is 11.3 Å². The molecule has 0 spiro atoms. The van der Waals surface area contributed by atoms with Gasteiger partial charge in [-0.25, -0.2) is 0 Å². The van der Waals surface area contributed by atoms with E-state index in [9.17, 15) is 9.59 Å². The van der Waals surface area contributed by atoms with E-state index >= 15 is 0 Å². The van der Waals surface area contributed by atoms with Crippen LogP contribution in [0.15, 0.2) is 69.2 Å². The minimum absolute atomic E-state index is 0.00789. The Bertz CT molecular complexity index is 1380. The van der Waals surface area contributed by atoms with Gasteiger partial charge in [0, 0.05) is 61.9 Å². The standard InChI is InChI=1S/C28H28N2O3S/c1-29(2)22-11-9-19(10-12-22)15-24(31)21-8-6-7-20(16-21)23-18-34-28-25(32)17-26(33-27(23)28)30-13-4-3-5-14-30/h6-12,16-18H,3-5,13-15H2,1-2H3. The Balaban J connectivity index is 1.44. The molecule has 6 heteroatoms. The third-order valence-corrected chi connectivity index (χ3v) is 7.39. The second-order valence-corrected chi connectivity index (χ2v) is 9.93. The Kier molecular flexibility index (Phi) is 6.24. The first-order chi connectivity index (χ1) is 16.5. The molecular weight excluding hydrogens is 444 g/mol. The average Bonchev–Trinajstić information content (AvgIpc) is 3.30. The van der Waals surface area contributed by atoms with E-state index in [1.807, 2.05) is 72.9 Å². The third kappa shape index (κ3) is 4.50. The first kappa shape index (κ1) is 22.4. The Labute approximate surface area is 203 Å². The molecule has 2 aromatic heterocycles. The lowest BCUT2D eigenvalue weighted by atomic mass is 9.99. The quantitative estimate of drug-likeness (QED) is 0.322. The van der Waals surface area contributed by atoms with E-state index in [1.54, 1.807) is 6.07 Å². The van der Waals surface area contributed by atoms with Crippen molar-refractivity contribution in [2.45, 2.75) is 25.7 Å². The number of nitrogens with zero attached hydrogens (tertiary/aromatic N) is 2. The summed E-state index contributed by atoms with van der Waals surface area (Å²) in [5.41, 5.74) is 5.10. The van der Waals surface area contributed by atoms with Crippen LogP contribution < -0.4 is 15.2 Å². The summed E-state index contributed by atoms with van der Waals surface area (Å²) in [6.45, 7) is 1.82. The maximum Gasteiger partial charge on any atom is 0.204 e. The molecule has 0 bridgehead atoms. The van der Waals surface area contributed by atoms with E-state index in [2.05, 4.69) is 4.90 Å².